The number of nitrogens with one attached hydrogen (secondary N) is 1. The number of carbonyl (C=O) groups is 1. The van der Waals surface area contributed by atoms with Gasteiger partial charge in [-0.3, -0.25) is 4.79 Å². The third-order valence-corrected chi connectivity index (χ3v) is 4.81. The topological polar surface area (TPSA) is 48.7 Å². The van der Waals surface area contributed by atoms with Crippen LogP contribution < -0.4 is 5.32 Å². The number of para-hydroxylation sites is 1. The number of carbonyl (C=O) groups excluding carboxylic acids is 1. The van der Waals surface area contributed by atoms with E-state index in [2.05, 4.69) is 22.0 Å². The second-order valence-electron chi connectivity index (χ2n) is 6.49. The second-order valence-corrected chi connectivity index (χ2v) is 6.49. The van der Waals surface area contributed by atoms with E-state index >= 15 is 0 Å². The predicted octanol–water partition coefficient (Wildman–Crippen LogP) is 2.50. The average molecular weight is 329 g/mol. The molecule has 1 aliphatic heterocycles. The van der Waals surface area contributed by atoms with E-state index in [0.29, 0.717) is 12.3 Å². The number of nitrogens with zero attached hydrogens (tertiary/aromatic N) is 2. The molecule has 1 aromatic heterocycles. The van der Waals surface area contributed by atoms with Gasteiger partial charge in [-0.25, -0.2) is 0 Å². The van der Waals surface area contributed by atoms with Crippen LogP contribution >= 0.6 is 0 Å². The molecule has 0 unspecified atom stereocenters. The summed E-state index contributed by atoms with van der Waals surface area (Å²) in [6.45, 7) is 11.6. The van der Waals surface area contributed by atoms with E-state index in [1.165, 1.54) is 0 Å². The van der Waals surface area contributed by atoms with Crippen molar-refractivity contribution in [1.29, 1.82) is 0 Å². The summed E-state index contributed by atoms with van der Waals surface area (Å²) in [5, 5.41) is 3.95. The Morgan fingerprint density at radius 1 is 1.21 bits per heavy atom. The van der Waals surface area contributed by atoms with Crippen LogP contribution in [0.25, 0.3) is 11.0 Å². The first-order valence-electron chi connectivity index (χ1n) is 8.89. The first-order valence-corrected chi connectivity index (χ1v) is 8.89. The fourth-order valence-corrected chi connectivity index (χ4v) is 3.24. The summed E-state index contributed by atoms with van der Waals surface area (Å²) in [4.78, 5) is 17.2. The molecule has 2 aromatic rings. The highest BCUT2D eigenvalue weighted by Crippen LogP contribution is 2.22. The maximum atomic E-state index is 12.2. The predicted molar refractivity (Wildman–Crippen MR) is 96.5 cm³/mol. The minimum atomic E-state index is -0.124. The molecule has 5 nitrogen and oxygen atoms in total. The SMILES string of the molecule is CCN1CCN(CCCNC(=O)c2cc3cccc(C)c3o2)CC1. The molecule has 130 valence electrons. The summed E-state index contributed by atoms with van der Waals surface area (Å²) in [7, 11) is 0. The molecule has 0 bridgehead atoms. The fourth-order valence-electron chi connectivity index (χ4n) is 3.24. The highest BCUT2D eigenvalue weighted by Gasteiger charge is 2.15. The van der Waals surface area contributed by atoms with Crippen molar-refractivity contribution in [2.45, 2.75) is 20.3 Å². The van der Waals surface area contributed by atoms with Gasteiger partial charge in [-0.1, -0.05) is 25.1 Å². The molecule has 0 saturated carbocycles. The third-order valence-electron chi connectivity index (χ3n) is 4.81. The van der Waals surface area contributed by atoms with Crippen LogP contribution in [-0.4, -0.2) is 61.5 Å². The Morgan fingerprint density at radius 2 is 1.96 bits per heavy atom. The van der Waals surface area contributed by atoms with E-state index in [1.807, 2.05) is 31.2 Å². The Labute approximate surface area is 143 Å². The standard InChI is InChI=1S/C19H27N3O2/c1-3-21-10-12-22(13-11-21)9-5-8-20-19(23)17-14-16-7-4-6-15(2)18(16)24-17/h4,6-7,14H,3,5,8-13H2,1-2H3,(H,20,23). The van der Waals surface area contributed by atoms with Crippen LogP contribution in [0.1, 0.15) is 29.5 Å². The van der Waals surface area contributed by atoms with Crippen molar-refractivity contribution in [2.75, 3.05) is 45.8 Å². The lowest BCUT2D eigenvalue weighted by Gasteiger charge is -2.33. The Bertz CT molecular complexity index is 687. The number of piperazine rings is 1. The van der Waals surface area contributed by atoms with Gasteiger partial charge in [-0.15, -0.1) is 0 Å². The highest BCUT2D eigenvalue weighted by atomic mass is 16.3. The van der Waals surface area contributed by atoms with Gasteiger partial charge < -0.3 is 19.5 Å². The molecular formula is C19H27N3O2. The van der Waals surface area contributed by atoms with Crippen molar-refractivity contribution < 1.29 is 9.21 Å². The van der Waals surface area contributed by atoms with Gasteiger partial charge in [0.1, 0.15) is 5.58 Å². The number of aryl methyl sites for hydroxylation is 1. The van der Waals surface area contributed by atoms with E-state index < -0.39 is 0 Å². The lowest BCUT2D eigenvalue weighted by molar-refractivity contribution is 0.0923. The summed E-state index contributed by atoms with van der Waals surface area (Å²) in [5.74, 6) is 0.275. The maximum absolute atomic E-state index is 12.2. The van der Waals surface area contributed by atoms with Gasteiger partial charge in [-0.05, 0) is 38.1 Å². The largest absolute Gasteiger partial charge is 0.451 e. The maximum Gasteiger partial charge on any atom is 0.287 e. The molecule has 2 heterocycles. The van der Waals surface area contributed by atoms with Crippen molar-refractivity contribution in [3.8, 4) is 0 Å². The first kappa shape index (κ1) is 17.0. The van der Waals surface area contributed by atoms with E-state index in [4.69, 9.17) is 4.42 Å². The van der Waals surface area contributed by atoms with E-state index in [-0.39, 0.29) is 5.91 Å². The number of likely N-dealkylation sites (N-methyl/N-ethyl adjacent to an activating group) is 1. The lowest BCUT2D eigenvalue weighted by Crippen LogP contribution is -2.46. The summed E-state index contributed by atoms with van der Waals surface area (Å²) >= 11 is 0. The van der Waals surface area contributed by atoms with Crippen LogP contribution in [0.15, 0.2) is 28.7 Å². The summed E-state index contributed by atoms with van der Waals surface area (Å²) in [5.41, 5.74) is 1.86. The Balaban J connectivity index is 1.43. The fraction of sp³-hybridized carbons (Fsp3) is 0.526. The lowest BCUT2D eigenvalue weighted by atomic mass is 10.2. The van der Waals surface area contributed by atoms with Crippen molar-refractivity contribution in [1.82, 2.24) is 15.1 Å². The molecule has 0 aliphatic carbocycles. The second kappa shape index (κ2) is 7.81. The number of rotatable bonds is 6. The zero-order valence-electron chi connectivity index (χ0n) is 14.7. The monoisotopic (exact) mass is 329 g/mol. The highest BCUT2D eigenvalue weighted by molar-refractivity contribution is 5.96. The molecule has 3 rings (SSSR count). The van der Waals surface area contributed by atoms with Crippen molar-refractivity contribution in [3.63, 3.8) is 0 Å². The van der Waals surface area contributed by atoms with Crippen LogP contribution in [0, 0.1) is 6.92 Å². The van der Waals surface area contributed by atoms with Gasteiger partial charge in [0.25, 0.3) is 5.91 Å². The third kappa shape index (κ3) is 3.97. The normalized spacial score (nSPS) is 16.6. The van der Waals surface area contributed by atoms with Gasteiger partial charge in [0.15, 0.2) is 5.76 Å². The van der Waals surface area contributed by atoms with Gasteiger partial charge in [0.2, 0.25) is 0 Å². The number of furan rings is 1. The molecule has 1 N–H and O–H groups in total. The number of amides is 1. The van der Waals surface area contributed by atoms with Gasteiger partial charge in [0.05, 0.1) is 0 Å². The molecular weight excluding hydrogens is 302 g/mol. The summed E-state index contributed by atoms with van der Waals surface area (Å²) in [6, 6.07) is 7.76. The molecule has 0 radical (unpaired) electrons. The summed E-state index contributed by atoms with van der Waals surface area (Å²) < 4.78 is 5.70. The van der Waals surface area contributed by atoms with E-state index in [0.717, 1.165) is 62.2 Å². The molecule has 1 saturated heterocycles. The zero-order chi connectivity index (χ0) is 16.9. The van der Waals surface area contributed by atoms with Crippen molar-refractivity contribution >= 4 is 16.9 Å². The minimum absolute atomic E-state index is 0.124. The van der Waals surface area contributed by atoms with Crippen LogP contribution in [-0.2, 0) is 0 Å². The van der Waals surface area contributed by atoms with Crippen molar-refractivity contribution in [2.24, 2.45) is 0 Å². The molecule has 1 aromatic carbocycles. The Kier molecular flexibility index (Phi) is 5.53. The Hall–Kier alpha value is -1.85. The van der Waals surface area contributed by atoms with Gasteiger partial charge >= 0.3 is 0 Å². The van der Waals surface area contributed by atoms with E-state index in [1.54, 1.807) is 0 Å². The first-order chi connectivity index (χ1) is 11.7. The molecule has 24 heavy (non-hydrogen) atoms. The summed E-state index contributed by atoms with van der Waals surface area (Å²) in [6.07, 6.45) is 0.969. The minimum Gasteiger partial charge on any atom is -0.451 e. The molecule has 5 heteroatoms. The Morgan fingerprint density at radius 3 is 2.67 bits per heavy atom. The number of benzene rings is 1. The van der Waals surface area contributed by atoms with Gasteiger partial charge in [0, 0.05) is 38.1 Å². The zero-order valence-corrected chi connectivity index (χ0v) is 14.7. The van der Waals surface area contributed by atoms with E-state index in [9.17, 15) is 4.79 Å². The van der Waals surface area contributed by atoms with Crippen LogP contribution in [0.3, 0.4) is 0 Å². The molecule has 0 atom stereocenters. The molecule has 1 aliphatic rings. The smallest absolute Gasteiger partial charge is 0.287 e. The number of hydrogen-bond acceptors (Lipinski definition) is 4. The average Bonchev–Trinajstić information content (AvgIpc) is 3.05. The van der Waals surface area contributed by atoms with Crippen LogP contribution in [0.5, 0.6) is 0 Å². The van der Waals surface area contributed by atoms with Crippen LogP contribution in [0.2, 0.25) is 0 Å². The number of hydrogen-bond donors (Lipinski definition) is 1. The number of fused-ring (bicyclic) bond motifs is 1. The molecule has 1 fully saturated rings. The van der Waals surface area contributed by atoms with Crippen LogP contribution in [0.4, 0.5) is 0 Å². The molecule has 1 amide bonds. The van der Waals surface area contributed by atoms with Gasteiger partial charge in [-0.2, -0.15) is 0 Å². The van der Waals surface area contributed by atoms with Crippen molar-refractivity contribution in [3.05, 3.63) is 35.6 Å². The molecule has 0 spiro atoms. The quantitative estimate of drug-likeness (QED) is 0.827.